The van der Waals surface area contributed by atoms with E-state index in [0.717, 1.165) is 47.5 Å². The summed E-state index contributed by atoms with van der Waals surface area (Å²) in [5.74, 6) is 0. The van der Waals surface area contributed by atoms with E-state index in [4.69, 9.17) is 11.6 Å². The molecule has 2 aromatic rings. The Morgan fingerprint density at radius 3 is 1.68 bits per heavy atom. The number of hydrogen-bond donors (Lipinski definition) is 0. The summed E-state index contributed by atoms with van der Waals surface area (Å²) in [5.41, 5.74) is 15.5. The Morgan fingerprint density at radius 2 is 1.29 bits per heavy atom. The molecule has 0 N–H and O–H groups in total. The van der Waals surface area contributed by atoms with Gasteiger partial charge in [-0.2, -0.15) is 5.10 Å². The smallest absolute Gasteiger partial charge is 0.0809 e. The summed E-state index contributed by atoms with van der Waals surface area (Å²) in [6, 6.07) is 6.19. The van der Waals surface area contributed by atoms with E-state index in [0.29, 0.717) is 0 Å². The number of unbranched alkanes of at least 4 members (excludes halogenated alkanes) is 6. The molecule has 0 saturated carbocycles. The molecule has 2 nitrogen and oxygen atoms in total. The van der Waals surface area contributed by atoms with Gasteiger partial charge in [0, 0.05) is 39.7 Å². The van der Waals surface area contributed by atoms with Crippen molar-refractivity contribution in [3.8, 4) is 5.69 Å². The molecule has 0 aliphatic heterocycles. The molecule has 0 unspecified atom stereocenters. The van der Waals surface area contributed by atoms with E-state index in [1.54, 1.807) is 0 Å². The van der Waals surface area contributed by atoms with Crippen LogP contribution >= 0.6 is 11.6 Å². The van der Waals surface area contributed by atoms with Crippen molar-refractivity contribution >= 4 is 22.7 Å². The second-order valence-electron chi connectivity index (χ2n) is 9.63. The van der Waals surface area contributed by atoms with Crippen LogP contribution in [0.4, 0.5) is 0 Å². The molecule has 0 radical (unpaired) electrons. The Balaban J connectivity index is 2.73. The first-order chi connectivity index (χ1) is 16.4. The lowest BCUT2D eigenvalue weighted by Crippen LogP contribution is -2.05. The van der Waals surface area contributed by atoms with Crippen LogP contribution in [0.15, 0.2) is 53.2 Å². The van der Waals surface area contributed by atoms with E-state index < -0.39 is 0 Å². The minimum absolute atomic E-state index is 0.754. The fourth-order valence-electron chi connectivity index (χ4n) is 4.30. The van der Waals surface area contributed by atoms with Gasteiger partial charge in [-0.1, -0.05) is 64.0 Å². The molecule has 0 atom stereocenters. The molecule has 0 aliphatic rings. The maximum absolute atomic E-state index is 6.79. The van der Waals surface area contributed by atoms with Crippen LogP contribution < -0.4 is 0 Å². The summed E-state index contributed by atoms with van der Waals surface area (Å²) in [7, 11) is 0. The number of aromatic nitrogens is 2. The van der Waals surface area contributed by atoms with E-state index in [9.17, 15) is 0 Å². The lowest BCUT2D eigenvalue weighted by Gasteiger charge is -2.19. The zero-order valence-corrected chi connectivity index (χ0v) is 23.0. The van der Waals surface area contributed by atoms with Crippen LogP contribution in [0, 0.1) is 0 Å². The molecule has 0 aliphatic carbocycles. The third-order valence-electron chi connectivity index (χ3n) is 5.82. The highest BCUT2D eigenvalue weighted by Crippen LogP contribution is 2.37. The van der Waals surface area contributed by atoms with Crippen molar-refractivity contribution in [2.45, 2.75) is 106 Å². The van der Waals surface area contributed by atoms with Crippen molar-refractivity contribution in [1.29, 1.82) is 0 Å². The normalized spacial score (nSPS) is 10.6. The molecular formula is C31H43ClN2. The second kappa shape index (κ2) is 14.9. The van der Waals surface area contributed by atoms with Crippen molar-refractivity contribution in [2.75, 3.05) is 0 Å². The third-order valence-corrected chi connectivity index (χ3v) is 6.04. The van der Waals surface area contributed by atoms with E-state index in [1.165, 1.54) is 60.8 Å². The van der Waals surface area contributed by atoms with Gasteiger partial charge in [0.2, 0.25) is 0 Å². The summed E-state index contributed by atoms with van der Waals surface area (Å²) >= 11 is 6.79. The number of rotatable bonds is 13. The van der Waals surface area contributed by atoms with Gasteiger partial charge in [0.1, 0.15) is 0 Å². The second-order valence-corrected chi connectivity index (χ2v) is 10.1. The largest absolute Gasteiger partial charge is 0.240 e. The van der Waals surface area contributed by atoms with Gasteiger partial charge in [-0.3, -0.25) is 0 Å². The molecule has 184 valence electrons. The highest BCUT2D eigenvalue weighted by atomic mass is 35.5. The van der Waals surface area contributed by atoms with Crippen molar-refractivity contribution < 1.29 is 0 Å². The van der Waals surface area contributed by atoms with Crippen molar-refractivity contribution in [1.82, 2.24) is 9.78 Å². The minimum Gasteiger partial charge on any atom is -0.240 e. The Morgan fingerprint density at radius 1 is 0.794 bits per heavy atom. The molecule has 0 amide bonds. The monoisotopic (exact) mass is 478 g/mol. The first-order valence-corrected chi connectivity index (χ1v) is 13.4. The van der Waals surface area contributed by atoms with Gasteiger partial charge in [-0.15, -0.1) is 11.5 Å². The van der Waals surface area contributed by atoms with Crippen LogP contribution in [-0.2, 0) is 0 Å². The van der Waals surface area contributed by atoms with Crippen LogP contribution in [0.5, 0.6) is 0 Å². The summed E-state index contributed by atoms with van der Waals surface area (Å²) in [6.45, 7) is 13.0. The molecule has 3 heteroatoms. The number of benzene rings is 1. The standard InChI is InChI=1S/C31H43ClN2/c1-7-9-11-13-16-26(20-24(3)4)29-22-28(32)23-30(31(29)34-19-15-18-33-34)27(21-25(5)6)17-14-12-10-8-2/h15,18-19,22-23H,7-14,16-17H2,1-6H3. The average Bonchev–Trinajstić information content (AvgIpc) is 3.31. The van der Waals surface area contributed by atoms with E-state index in [-0.39, 0.29) is 0 Å². The Hall–Kier alpha value is -2.24. The molecule has 0 spiro atoms. The molecule has 0 bridgehead atoms. The number of nitrogens with zero attached hydrogens (tertiary/aromatic N) is 2. The zero-order valence-electron chi connectivity index (χ0n) is 22.2. The van der Waals surface area contributed by atoms with E-state index in [2.05, 4.69) is 70.2 Å². The zero-order chi connectivity index (χ0) is 24.9. The van der Waals surface area contributed by atoms with Gasteiger partial charge in [0.15, 0.2) is 0 Å². The van der Waals surface area contributed by atoms with Gasteiger partial charge in [0.05, 0.1) is 5.69 Å². The maximum Gasteiger partial charge on any atom is 0.0809 e. The summed E-state index contributed by atoms with van der Waals surface area (Å²) in [4.78, 5) is 0. The molecular weight excluding hydrogens is 436 g/mol. The molecule has 0 saturated heterocycles. The topological polar surface area (TPSA) is 17.8 Å². The van der Waals surface area contributed by atoms with Crippen molar-refractivity contribution in [3.63, 3.8) is 0 Å². The van der Waals surface area contributed by atoms with Crippen LogP contribution in [0.25, 0.3) is 16.8 Å². The molecule has 2 rings (SSSR count). The van der Waals surface area contributed by atoms with Crippen LogP contribution in [0.2, 0.25) is 5.02 Å². The maximum atomic E-state index is 6.79. The fraction of sp³-hybridized carbons (Fsp3) is 0.516. The first-order valence-electron chi connectivity index (χ1n) is 13.1. The van der Waals surface area contributed by atoms with Crippen molar-refractivity contribution in [2.24, 2.45) is 0 Å². The summed E-state index contributed by atoms with van der Waals surface area (Å²) in [5, 5.41) is 5.41. The predicted molar refractivity (Wildman–Crippen MR) is 150 cm³/mol. The first kappa shape index (κ1) is 28.0. The van der Waals surface area contributed by atoms with Gasteiger partial charge in [-0.25, -0.2) is 4.68 Å². The Bertz CT molecular complexity index is 970. The number of allylic oxidation sites excluding steroid dienone is 2. The van der Waals surface area contributed by atoms with Gasteiger partial charge >= 0.3 is 0 Å². The van der Waals surface area contributed by atoms with Crippen LogP contribution in [0.3, 0.4) is 0 Å². The molecule has 1 aromatic heterocycles. The third kappa shape index (κ3) is 8.84. The molecule has 34 heavy (non-hydrogen) atoms. The lowest BCUT2D eigenvalue weighted by molar-refractivity contribution is 0.677. The highest BCUT2D eigenvalue weighted by molar-refractivity contribution is 6.31. The molecule has 1 heterocycles. The van der Waals surface area contributed by atoms with Crippen LogP contribution in [-0.4, -0.2) is 9.78 Å². The fourth-order valence-corrected chi connectivity index (χ4v) is 4.52. The quantitative estimate of drug-likeness (QED) is 0.207. The predicted octanol–water partition coefficient (Wildman–Crippen LogP) is 10.4. The van der Waals surface area contributed by atoms with Crippen molar-refractivity contribution in [3.05, 3.63) is 69.4 Å². The Kier molecular flexibility index (Phi) is 12.3. The van der Waals surface area contributed by atoms with Gasteiger partial charge in [-0.05, 0) is 82.7 Å². The van der Waals surface area contributed by atoms with Gasteiger partial charge < -0.3 is 0 Å². The number of hydrogen-bond acceptors (Lipinski definition) is 1. The highest BCUT2D eigenvalue weighted by Gasteiger charge is 2.19. The lowest BCUT2D eigenvalue weighted by atomic mass is 9.91. The summed E-state index contributed by atoms with van der Waals surface area (Å²) < 4.78 is 2.00. The van der Waals surface area contributed by atoms with Gasteiger partial charge in [0.25, 0.3) is 0 Å². The molecule has 0 fully saturated rings. The Labute approximate surface area is 213 Å². The molecule has 1 aromatic carbocycles. The SMILES string of the molecule is CCCCCCC(=C=C(C)C)c1cc(Cl)cc(C(=C=C(C)C)CCCCCC)c1-n1cccn1. The van der Waals surface area contributed by atoms with E-state index in [1.807, 2.05) is 23.1 Å². The van der Waals surface area contributed by atoms with E-state index >= 15 is 0 Å². The average molecular weight is 479 g/mol. The van der Waals surface area contributed by atoms with Crippen LogP contribution in [0.1, 0.15) is 117 Å². The summed E-state index contributed by atoms with van der Waals surface area (Å²) in [6.07, 6.45) is 15.6. The minimum atomic E-state index is 0.754. The number of halogens is 1.